The van der Waals surface area contributed by atoms with E-state index in [0.717, 1.165) is 25.9 Å². The Morgan fingerprint density at radius 3 is 2.68 bits per heavy atom. The van der Waals surface area contributed by atoms with Crippen LogP contribution in [0, 0.1) is 5.82 Å². The lowest BCUT2D eigenvalue weighted by Crippen LogP contribution is -2.35. The largest absolute Gasteiger partial charge is 0.437 e. The van der Waals surface area contributed by atoms with E-state index >= 15 is 0 Å². The van der Waals surface area contributed by atoms with Gasteiger partial charge in [0, 0.05) is 31.5 Å². The number of nitrogens with zero attached hydrogens (tertiary/aromatic N) is 3. The Labute approximate surface area is 210 Å². The number of amides is 1. The number of carbonyl (C=O) groups is 1. The van der Waals surface area contributed by atoms with Gasteiger partial charge in [0.1, 0.15) is 17.1 Å². The number of anilines is 3. The lowest BCUT2D eigenvalue weighted by atomic mass is 10.1. The second kappa shape index (κ2) is 9.85. The minimum atomic E-state index is -4.80. The number of fused-ring (bicyclic) bond motifs is 1. The number of hydrogen-bond donors (Lipinski definition) is 3. The van der Waals surface area contributed by atoms with Crippen molar-refractivity contribution in [1.29, 1.82) is 0 Å². The first-order valence-corrected chi connectivity index (χ1v) is 11.7. The molecule has 37 heavy (non-hydrogen) atoms. The highest BCUT2D eigenvalue weighted by Crippen LogP contribution is 2.39. The van der Waals surface area contributed by atoms with Crippen LogP contribution in [-0.4, -0.2) is 47.0 Å². The molecule has 2 aliphatic rings. The molecule has 0 bridgehead atoms. The molecule has 3 heterocycles. The quantitative estimate of drug-likeness (QED) is 0.401. The SMILES string of the molecule is CN1Cc2cccc(Oc3nc(Nc4ccc(NC5CCNCC5)c(F)c4)ncc3C(F)(F)F)c2C1=O. The summed E-state index contributed by atoms with van der Waals surface area (Å²) in [4.78, 5) is 21.6. The van der Waals surface area contributed by atoms with Crippen molar-refractivity contribution in [3.63, 3.8) is 0 Å². The van der Waals surface area contributed by atoms with Gasteiger partial charge in [-0.1, -0.05) is 12.1 Å². The standard InChI is InChI=1S/C25H24F4N6O2/c1-35-13-14-3-2-4-20(21(14)23(35)36)37-22-17(25(27,28)29)12-31-24(34-22)33-16-5-6-19(18(26)11-16)32-15-7-9-30-10-8-15/h2-6,11-12,15,30,32H,7-10,13H2,1H3,(H,31,33,34). The van der Waals surface area contributed by atoms with Crippen LogP contribution >= 0.6 is 0 Å². The molecule has 3 N–H and O–H groups in total. The van der Waals surface area contributed by atoms with Gasteiger partial charge in [-0.25, -0.2) is 9.37 Å². The van der Waals surface area contributed by atoms with E-state index in [-0.39, 0.29) is 34.9 Å². The van der Waals surface area contributed by atoms with Gasteiger partial charge in [-0.15, -0.1) is 0 Å². The molecule has 0 saturated carbocycles. The Kier molecular flexibility index (Phi) is 6.59. The van der Waals surface area contributed by atoms with Crippen LogP contribution in [0.25, 0.3) is 0 Å². The van der Waals surface area contributed by atoms with Crippen LogP contribution in [0.2, 0.25) is 0 Å². The number of rotatable bonds is 6. The fourth-order valence-corrected chi connectivity index (χ4v) is 4.38. The molecule has 12 heteroatoms. The Hall–Kier alpha value is -3.93. The smallest absolute Gasteiger partial charge is 0.423 e. The molecule has 0 radical (unpaired) electrons. The Morgan fingerprint density at radius 2 is 1.95 bits per heavy atom. The number of benzene rings is 2. The molecule has 0 aliphatic carbocycles. The van der Waals surface area contributed by atoms with Crippen molar-refractivity contribution in [3.8, 4) is 11.6 Å². The maximum atomic E-state index is 14.7. The van der Waals surface area contributed by atoms with Gasteiger partial charge in [-0.05, 0) is 55.8 Å². The van der Waals surface area contributed by atoms with Crippen LogP contribution in [0.5, 0.6) is 11.6 Å². The minimum absolute atomic E-state index is 0.0404. The third-order valence-corrected chi connectivity index (χ3v) is 6.27. The van der Waals surface area contributed by atoms with Crippen molar-refractivity contribution < 1.29 is 27.1 Å². The van der Waals surface area contributed by atoms with Crippen molar-refractivity contribution in [2.24, 2.45) is 0 Å². The van der Waals surface area contributed by atoms with E-state index in [1.165, 1.54) is 17.0 Å². The van der Waals surface area contributed by atoms with Crippen LogP contribution in [0.3, 0.4) is 0 Å². The van der Waals surface area contributed by atoms with E-state index < -0.39 is 23.4 Å². The molecule has 8 nitrogen and oxygen atoms in total. The minimum Gasteiger partial charge on any atom is -0.437 e. The summed E-state index contributed by atoms with van der Waals surface area (Å²) in [5.41, 5.74) is 0.200. The van der Waals surface area contributed by atoms with E-state index in [1.54, 1.807) is 31.3 Å². The zero-order valence-electron chi connectivity index (χ0n) is 19.8. The van der Waals surface area contributed by atoms with Gasteiger partial charge in [0.2, 0.25) is 11.8 Å². The van der Waals surface area contributed by atoms with Crippen LogP contribution in [0.1, 0.15) is 34.3 Å². The summed E-state index contributed by atoms with van der Waals surface area (Å²) in [6.07, 6.45) is -2.48. The first-order valence-electron chi connectivity index (χ1n) is 11.7. The predicted octanol–water partition coefficient (Wildman–Crippen LogP) is 4.92. The van der Waals surface area contributed by atoms with Crippen LogP contribution in [-0.2, 0) is 12.7 Å². The molecule has 0 atom stereocenters. The monoisotopic (exact) mass is 516 g/mol. The van der Waals surface area contributed by atoms with Crippen molar-refractivity contribution in [2.75, 3.05) is 30.8 Å². The van der Waals surface area contributed by atoms with Crippen molar-refractivity contribution in [1.82, 2.24) is 20.2 Å². The topological polar surface area (TPSA) is 91.4 Å². The second-order valence-electron chi connectivity index (χ2n) is 8.95. The summed E-state index contributed by atoms with van der Waals surface area (Å²) in [5, 5.41) is 9.15. The first kappa shape index (κ1) is 24.8. The summed E-state index contributed by atoms with van der Waals surface area (Å²) >= 11 is 0. The lowest BCUT2D eigenvalue weighted by molar-refractivity contribution is -0.139. The van der Waals surface area contributed by atoms with Gasteiger partial charge < -0.3 is 25.6 Å². The number of halogens is 4. The highest BCUT2D eigenvalue weighted by molar-refractivity contribution is 6.00. The van der Waals surface area contributed by atoms with E-state index in [2.05, 4.69) is 25.9 Å². The van der Waals surface area contributed by atoms with Crippen molar-refractivity contribution in [3.05, 3.63) is 65.1 Å². The van der Waals surface area contributed by atoms with Gasteiger partial charge in [0.15, 0.2) is 0 Å². The molecule has 0 unspecified atom stereocenters. The molecule has 5 rings (SSSR count). The molecule has 194 valence electrons. The number of aromatic nitrogens is 2. The van der Waals surface area contributed by atoms with Gasteiger partial charge in [0.25, 0.3) is 5.91 Å². The summed E-state index contributed by atoms with van der Waals surface area (Å²) in [6, 6.07) is 9.20. The predicted molar refractivity (Wildman–Crippen MR) is 129 cm³/mol. The lowest BCUT2D eigenvalue weighted by Gasteiger charge is -2.25. The highest BCUT2D eigenvalue weighted by Gasteiger charge is 2.37. The Bertz CT molecular complexity index is 1330. The van der Waals surface area contributed by atoms with Gasteiger partial charge in [-0.3, -0.25) is 4.79 Å². The van der Waals surface area contributed by atoms with Crippen LogP contribution in [0.15, 0.2) is 42.6 Å². The van der Waals surface area contributed by atoms with E-state index in [0.29, 0.717) is 24.0 Å². The van der Waals surface area contributed by atoms with E-state index in [9.17, 15) is 22.4 Å². The number of nitrogens with one attached hydrogen (secondary N) is 3. The number of alkyl halides is 3. The summed E-state index contributed by atoms with van der Waals surface area (Å²) in [6.45, 7) is 2.03. The third-order valence-electron chi connectivity index (χ3n) is 6.27. The summed E-state index contributed by atoms with van der Waals surface area (Å²) in [5.74, 6) is -1.92. The van der Waals surface area contributed by atoms with Crippen LogP contribution < -0.4 is 20.7 Å². The Morgan fingerprint density at radius 1 is 1.16 bits per heavy atom. The maximum Gasteiger partial charge on any atom is 0.423 e. The number of ether oxygens (including phenoxy) is 1. The average molecular weight is 516 g/mol. The highest BCUT2D eigenvalue weighted by atomic mass is 19.4. The Balaban J connectivity index is 1.40. The zero-order chi connectivity index (χ0) is 26.2. The summed E-state index contributed by atoms with van der Waals surface area (Å²) in [7, 11) is 1.59. The van der Waals surface area contributed by atoms with Gasteiger partial charge >= 0.3 is 6.18 Å². The molecular formula is C25H24F4N6O2. The molecule has 1 aromatic heterocycles. The molecule has 2 aliphatic heterocycles. The molecule has 3 aromatic rings. The molecule has 0 spiro atoms. The first-order chi connectivity index (χ1) is 17.7. The van der Waals surface area contributed by atoms with E-state index in [1.807, 2.05) is 0 Å². The fourth-order valence-electron chi connectivity index (χ4n) is 4.38. The molecule has 1 amide bonds. The number of piperidine rings is 1. The van der Waals surface area contributed by atoms with Crippen molar-refractivity contribution >= 4 is 23.2 Å². The molecule has 2 aromatic carbocycles. The molecular weight excluding hydrogens is 492 g/mol. The van der Waals surface area contributed by atoms with Gasteiger partial charge in [0.05, 0.1) is 11.3 Å². The maximum absolute atomic E-state index is 14.7. The van der Waals surface area contributed by atoms with Gasteiger partial charge in [-0.2, -0.15) is 18.2 Å². The summed E-state index contributed by atoms with van der Waals surface area (Å²) < 4.78 is 61.4. The second-order valence-corrected chi connectivity index (χ2v) is 8.95. The number of carbonyl (C=O) groups excluding carboxylic acids is 1. The molecule has 1 fully saturated rings. The zero-order valence-corrected chi connectivity index (χ0v) is 19.8. The van der Waals surface area contributed by atoms with Crippen LogP contribution in [0.4, 0.5) is 34.9 Å². The number of hydrogen-bond acceptors (Lipinski definition) is 7. The molecule has 1 saturated heterocycles. The fraction of sp³-hybridized carbons (Fsp3) is 0.320. The average Bonchev–Trinajstić information content (AvgIpc) is 3.15. The van der Waals surface area contributed by atoms with E-state index in [4.69, 9.17) is 4.74 Å². The van der Waals surface area contributed by atoms with Crippen molar-refractivity contribution in [2.45, 2.75) is 31.6 Å². The third kappa shape index (κ3) is 5.29. The normalized spacial score (nSPS) is 16.0.